The molecule has 2 atom stereocenters. The molecule has 32 heavy (non-hydrogen) atoms. The molecule has 4 rings (SSSR count). The summed E-state index contributed by atoms with van der Waals surface area (Å²) in [5.74, 6) is 5.03. The first-order chi connectivity index (χ1) is 15.4. The second-order valence-electron chi connectivity index (χ2n) is 7.18. The zero-order valence-electron chi connectivity index (χ0n) is 16.9. The number of hydrogen-bond acceptors (Lipinski definition) is 6. The number of halogens is 2. The van der Waals surface area contributed by atoms with Crippen LogP contribution in [0.5, 0.6) is 5.75 Å². The van der Waals surface area contributed by atoms with E-state index in [0.29, 0.717) is 40.2 Å². The highest BCUT2D eigenvalue weighted by Crippen LogP contribution is 2.40. The van der Waals surface area contributed by atoms with Crippen LogP contribution in [0, 0.1) is 0 Å². The molecule has 0 spiro atoms. The molecule has 1 saturated heterocycles. The SMILES string of the molecule is NC(=O)N(N)c1ccc(OCC2COC(Cn3ccnc3)(c3ccc(Cl)cc3Cl)O2)cc1. The number of aromatic nitrogens is 2. The summed E-state index contributed by atoms with van der Waals surface area (Å²) in [6.07, 6.45) is 4.81. The van der Waals surface area contributed by atoms with Crippen LogP contribution in [0.15, 0.2) is 61.2 Å². The van der Waals surface area contributed by atoms with E-state index in [1.807, 2.05) is 10.8 Å². The van der Waals surface area contributed by atoms with Gasteiger partial charge in [0.2, 0.25) is 5.79 Å². The van der Waals surface area contributed by atoms with Gasteiger partial charge in [-0.25, -0.2) is 20.6 Å². The quantitative estimate of drug-likeness (QED) is 0.306. The minimum Gasteiger partial charge on any atom is -0.491 e. The molecule has 0 radical (unpaired) electrons. The van der Waals surface area contributed by atoms with Gasteiger partial charge in [0.15, 0.2) is 0 Å². The molecule has 9 nitrogen and oxygen atoms in total. The Hall–Kier alpha value is -2.82. The van der Waals surface area contributed by atoms with Gasteiger partial charge in [0, 0.05) is 23.0 Å². The van der Waals surface area contributed by atoms with Crippen molar-refractivity contribution in [1.29, 1.82) is 0 Å². The number of nitrogens with two attached hydrogens (primary N) is 2. The van der Waals surface area contributed by atoms with Gasteiger partial charge in [0.25, 0.3) is 0 Å². The summed E-state index contributed by atoms with van der Waals surface area (Å²) in [6, 6.07) is 11.0. The van der Waals surface area contributed by atoms with E-state index in [1.54, 1.807) is 55.0 Å². The van der Waals surface area contributed by atoms with Crippen LogP contribution in [-0.2, 0) is 21.8 Å². The molecule has 4 N–H and O–H groups in total. The van der Waals surface area contributed by atoms with Crippen molar-refractivity contribution < 1.29 is 19.0 Å². The van der Waals surface area contributed by atoms with Crippen molar-refractivity contribution >= 4 is 34.9 Å². The standard InChI is InChI=1S/C21H21Cl2N5O4/c22-14-1-6-18(19(23)9-14)21(12-27-8-7-26-13-27)31-11-17(32-21)10-30-16-4-2-15(3-5-16)28(25)20(24)29/h1-9,13,17H,10-12,25H2,(H2,24,29). The van der Waals surface area contributed by atoms with Crippen LogP contribution in [0.3, 0.4) is 0 Å². The number of rotatable bonds is 7. The van der Waals surface area contributed by atoms with Crippen molar-refractivity contribution in [1.82, 2.24) is 9.55 Å². The number of primary amides is 1. The molecule has 2 aromatic carbocycles. The maximum absolute atomic E-state index is 11.2. The Kier molecular flexibility index (Phi) is 6.54. The highest BCUT2D eigenvalue weighted by molar-refractivity contribution is 6.35. The number of ether oxygens (including phenoxy) is 3. The fraction of sp³-hybridized carbons (Fsp3) is 0.238. The van der Waals surface area contributed by atoms with Crippen LogP contribution in [0.4, 0.5) is 10.5 Å². The Balaban J connectivity index is 1.47. The second-order valence-corrected chi connectivity index (χ2v) is 8.02. The molecule has 168 valence electrons. The lowest BCUT2D eigenvalue weighted by atomic mass is 10.1. The van der Waals surface area contributed by atoms with E-state index < -0.39 is 11.8 Å². The Bertz CT molecular complexity index is 1080. The monoisotopic (exact) mass is 477 g/mol. The Morgan fingerprint density at radius 1 is 1.28 bits per heavy atom. The average Bonchev–Trinajstić information content (AvgIpc) is 3.43. The van der Waals surface area contributed by atoms with Crippen LogP contribution >= 0.6 is 23.2 Å². The zero-order valence-corrected chi connectivity index (χ0v) is 18.4. The van der Waals surface area contributed by atoms with E-state index >= 15 is 0 Å². The molecule has 2 amide bonds. The molecule has 2 unspecified atom stereocenters. The van der Waals surface area contributed by atoms with Gasteiger partial charge in [-0.2, -0.15) is 0 Å². The summed E-state index contributed by atoms with van der Waals surface area (Å²) in [5.41, 5.74) is 6.28. The summed E-state index contributed by atoms with van der Waals surface area (Å²) in [7, 11) is 0. The first kappa shape index (κ1) is 22.4. The van der Waals surface area contributed by atoms with Gasteiger partial charge in [-0.3, -0.25) is 0 Å². The maximum Gasteiger partial charge on any atom is 0.333 e. The zero-order chi connectivity index (χ0) is 22.7. The lowest BCUT2D eigenvalue weighted by molar-refractivity contribution is -0.189. The van der Waals surface area contributed by atoms with Crippen LogP contribution in [-0.4, -0.2) is 34.9 Å². The molecular weight excluding hydrogens is 457 g/mol. The molecule has 11 heteroatoms. The molecule has 0 saturated carbocycles. The minimum absolute atomic E-state index is 0.235. The Labute approximate surface area is 194 Å². The van der Waals surface area contributed by atoms with Gasteiger partial charge in [-0.1, -0.05) is 29.3 Å². The third kappa shape index (κ3) is 4.82. The van der Waals surface area contributed by atoms with Crippen molar-refractivity contribution in [2.75, 3.05) is 18.2 Å². The van der Waals surface area contributed by atoms with E-state index in [0.717, 1.165) is 5.01 Å². The number of hydrogen-bond donors (Lipinski definition) is 2. The first-order valence-electron chi connectivity index (χ1n) is 9.66. The molecular formula is C21H21Cl2N5O4. The Morgan fingerprint density at radius 2 is 2.06 bits per heavy atom. The fourth-order valence-corrected chi connectivity index (χ4v) is 3.95. The Morgan fingerprint density at radius 3 is 2.72 bits per heavy atom. The number of urea groups is 1. The number of nitrogens with zero attached hydrogens (tertiary/aromatic N) is 3. The van der Waals surface area contributed by atoms with E-state index in [-0.39, 0.29) is 12.7 Å². The van der Waals surface area contributed by atoms with Gasteiger partial charge >= 0.3 is 6.03 Å². The van der Waals surface area contributed by atoms with Gasteiger partial charge in [-0.05, 0) is 36.4 Å². The van der Waals surface area contributed by atoms with Crippen LogP contribution < -0.4 is 21.3 Å². The smallest absolute Gasteiger partial charge is 0.333 e. The van der Waals surface area contributed by atoms with E-state index in [1.165, 1.54) is 0 Å². The molecule has 0 aliphatic carbocycles. The fourth-order valence-electron chi connectivity index (χ4n) is 3.39. The molecule has 0 bridgehead atoms. The average molecular weight is 478 g/mol. The number of carbonyl (C=O) groups excluding carboxylic acids is 1. The molecule has 1 fully saturated rings. The normalized spacial score (nSPS) is 20.3. The number of anilines is 1. The summed E-state index contributed by atoms with van der Waals surface area (Å²) in [5, 5.41) is 1.80. The highest BCUT2D eigenvalue weighted by atomic mass is 35.5. The van der Waals surface area contributed by atoms with Crippen LogP contribution in [0.1, 0.15) is 5.56 Å². The molecule has 3 aromatic rings. The van der Waals surface area contributed by atoms with Crippen molar-refractivity contribution in [3.8, 4) is 5.75 Å². The molecule has 1 aromatic heterocycles. The summed E-state index contributed by atoms with van der Waals surface area (Å²) in [4.78, 5) is 15.2. The number of benzene rings is 2. The highest BCUT2D eigenvalue weighted by Gasteiger charge is 2.45. The van der Waals surface area contributed by atoms with Crippen LogP contribution in [0.25, 0.3) is 0 Å². The van der Waals surface area contributed by atoms with Gasteiger partial charge in [-0.15, -0.1) is 0 Å². The van der Waals surface area contributed by atoms with Crippen molar-refractivity contribution in [2.45, 2.75) is 18.4 Å². The van der Waals surface area contributed by atoms with Gasteiger partial charge < -0.3 is 24.5 Å². The van der Waals surface area contributed by atoms with Crippen molar-refractivity contribution in [3.05, 3.63) is 76.8 Å². The molecule has 2 heterocycles. The maximum atomic E-state index is 11.2. The number of hydrazine groups is 1. The number of carbonyl (C=O) groups is 1. The molecule has 1 aliphatic heterocycles. The predicted octanol–water partition coefficient (Wildman–Crippen LogP) is 3.30. The van der Waals surface area contributed by atoms with Gasteiger partial charge in [0.05, 0.1) is 30.2 Å². The minimum atomic E-state index is -1.12. The van der Waals surface area contributed by atoms with Crippen molar-refractivity contribution in [2.24, 2.45) is 11.6 Å². The third-order valence-electron chi connectivity index (χ3n) is 4.94. The number of amides is 2. The molecule has 1 aliphatic rings. The van der Waals surface area contributed by atoms with E-state index in [4.69, 9.17) is 49.0 Å². The third-order valence-corrected chi connectivity index (χ3v) is 5.49. The van der Waals surface area contributed by atoms with Crippen LogP contribution in [0.2, 0.25) is 10.0 Å². The summed E-state index contributed by atoms with van der Waals surface area (Å²) >= 11 is 12.5. The first-order valence-corrected chi connectivity index (χ1v) is 10.4. The second kappa shape index (κ2) is 9.35. The largest absolute Gasteiger partial charge is 0.491 e. The lowest BCUT2D eigenvalue weighted by Crippen LogP contribution is -2.41. The van der Waals surface area contributed by atoms with E-state index in [9.17, 15) is 4.79 Å². The van der Waals surface area contributed by atoms with E-state index in [2.05, 4.69) is 4.98 Å². The predicted molar refractivity (Wildman–Crippen MR) is 119 cm³/mol. The number of imidazole rings is 1. The van der Waals surface area contributed by atoms with Gasteiger partial charge in [0.1, 0.15) is 18.5 Å². The van der Waals surface area contributed by atoms with Crippen molar-refractivity contribution in [3.63, 3.8) is 0 Å². The summed E-state index contributed by atoms with van der Waals surface area (Å²) in [6.45, 7) is 0.876. The summed E-state index contributed by atoms with van der Waals surface area (Å²) < 4.78 is 20.2. The topological polar surface area (TPSA) is 118 Å². The lowest BCUT2D eigenvalue weighted by Gasteiger charge is -2.30.